The zero-order chi connectivity index (χ0) is 22.8. The summed E-state index contributed by atoms with van der Waals surface area (Å²) in [5, 5.41) is 1.05. The first-order valence-corrected chi connectivity index (χ1v) is 10.8. The van der Waals surface area contributed by atoms with E-state index in [1.54, 1.807) is 31.2 Å². The second-order valence-corrected chi connectivity index (χ2v) is 7.79. The Balaban J connectivity index is 1.39. The molecule has 0 saturated heterocycles. The quantitative estimate of drug-likeness (QED) is 0.344. The van der Waals surface area contributed by atoms with E-state index in [-0.39, 0.29) is 13.2 Å². The molecule has 166 valence electrons. The van der Waals surface area contributed by atoms with E-state index in [1.807, 2.05) is 30.3 Å². The maximum absolute atomic E-state index is 14.5. The van der Waals surface area contributed by atoms with Crippen LogP contribution in [-0.2, 0) is 27.4 Å². The second kappa shape index (κ2) is 9.10. The number of carbonyl (C=O) groups is 1. The number of esters is 1. The lowest BCUT2D eigenvalue weighted by Crippen LogP contribution is -2.07. The summed E-state index contributed by atoms with van der Waals surface area (Å²) in [4.78, 5) is 17.1. The van der Waals surface area contributed by atoms with Crippen LogP contribution in [0.15, 0.2) is 72.8 Å². The number of ether oxygens (including phenoxy) is 3. The Morgan fingerprint density at radius 2 is 1.91 bits per heavy atom. The summed E-state index contributed by atoms with van der Waals surface area (Å²) in [5.41, 5.74) is 4.81. The van der Waals surface area contributed by atoms with Crippen LogP contribution < -0.4 is 0 Å². The van der Waals surface area contributed by atoms with Crippen molar-refractivity contribution >= 4 is 16.9 Å². The van der Waals surface area contributed by atoms with Crippen LogP contribution in [0.25, 0.3) is 22.0 Å². The number of nitrogens with zero attached hydrogens (tertiary/aromatic N) is 1. The van der Waals surface area contributed by atoms with Crippen LogP contribution in [0.1, 0.15) is 40.4 Å². The number of fused-ring (bicyclic) bond motifs is 2. The zero-order valence-corrected chi connectivity index (χ0v) is 18.1. The number of aromatic nitrogens is 1. The third kappa shape index (κ3) is 4.35. The molecule has 1 unspecified atom stereocenters. The molecule has 0 spiro atoms. The summed E-state index contributed by atoms with van der Waals surface area (Å²) in [5.74, 6) is -0.856. The highest BCUT2D eigenvalue weighted by Crippen LogP contribution is 2.33. The fourth-order valence-electron chi connectivity index (χ4n) is 4.05. The van der Waals surface area contributed by atoms with Crippen molar-refractivity contribution in [2.45, 2.75) is 26.4 Å². The number of para-hydroxylation sites is 1. The SMILES string of the molecule is CCOC(=O)c1ccccc1-c1cc(F)cc(COC2OCc3cc4ccccc4nc32)c1. The molecule has 2 heterocycles. The molecule has 6 heteroatoms. The van der Waals surface area contributed by atoms with E-state index in [2.05, 4.69) is 6.07 Å². The Bertz CT molecular complexity index is 1340. The van der Waals surface area contributed by atoms with Gasteiger partial charge in [0.05, 0.1) is 30.9 Å². The highest BCUT2D eigenvalue weighted by atomic mass is 19.1. The number of hydrogen-bond donors (Lipinski definition) is 0. The minimum absolute atomic E-state index is 0.130. The number of pyridine rings is 1. The van der Waals surface area contributed by atoms with Gasteiger partial charge in [-0.3, -0.25) is 0 Å². The van der Waals surface area contributed by atoms with E-state index in [0.29, 0.717) is 28.9 Å². The molecule has 0 radical (unpaired) electrons. The second-order valence-electron chi connectivity index (χ2n) is 7.79. The monoisotopic (exact) mass is 443 g/mol. The van der Waals surface area contributed by atoms with Gasteiger partial charge in [-0.25, -0.2) is 14.2 Å². The normalized spacial score (nSPS) is 14.9. The third-order valence-electron chi connectivity index (χ3n) is 5.54. The average molecular weight is 443 g/mol. The van der Waals surface area contributed by atoms with Crippen LogP contribution in [0.4, 0.5) is 4.39 Å². The lowest BCUT2D eigenvalue weighted by atomic mass is 9.98. The lowest BCUT2D eigenvalue weighted by molar-refractivity contribution is -0.147. The largest absolute Gasteiger partial charge is 0.462 e. The van der Waals surface area contributed by atoms with Crippen molar-refractivity contribution in [3.05, 3.63) is 101 Å². The fourth-order valence-corrected chi connectivity index (χ4v) is 4.05. The number of halogens is 1. The molecule has 1 atom stereocenters. The molecule has 0 fully saturated rings. The smallest absolute Gasteiger partial charge is 0.338 e. The lowest BCUT2D eigenvalue weighted by Gasteiger charge is -2.14. The van der Waals surface area contributed by atoms with Crippen molar-refractivity contribution in [1.29, 1.82) is 0 Å². The van der Waals surface area contributed by atoms with E-state index >= 15 is 0 Å². The summed E-state index contributed by atoms with van der Waals surface area (Å²) in [7, 11) is 0. The van der Waals surface area contributed by atoms with Gasteiger partial charge in [0.2, 0.25) is 6.29 Å². The summed E-state index contributed by atoms with van der Waals surface area (Å²) < 4.78 is 31.4. The third-order valence-corrected chi connectivity index (χ3v) is 5.54. The van der Waals surface area contributed by atoms with Gasteiger partial charge in [-0.05, 0) is 60.0 Å². The number of hydrogen-bond acceptors (Lipinski definition) is 5. The van der Waals surface area contributed by atoms with Gasteiger partial charge >= 0.3 is 5.97 Å². The highest BCUT2D eigenvalue weighted by molar-refractivity contribution is 5.97. The van der Waals surface area contributed by atoms with Crippen molar-refractivity contribution < 1.29 is 23.4 Å². The molecule has 33 heavy (non-hydrogen) atoms. The molecule has 1 aliphatic heterocycles. The zero-order valence-electron chi connectivity index (χ0n) is 18.1. The molecule has 4 aromatic rings. The Morgan fingerprint density at radius 1 is 1.09 bits per heavy atom. The number of carbonyl (C=O) groups excluding carboxylic acids is 1. The van der Waals surface area contributed by atoms with E-state index in [9.17, 15) is 9.18 Å². The topological polar surface area (TPSA) is 57.7 Å². The molecule has 5 nitrogen and oxygen atoms in total. The molecule has 0 aliphatic carbocycles. The van der Waals surface area contributed by atoms with Crippen LogP contribution in [0.2, 0.25) is 0 Å². The van der Waals surface area contributed by atoms with Crippen LogP contribution in [0, 0.1) is 5.82 Å². The molecule has 5 rings (SSSR count). The van der Waals surface area contributed by atoms with Crippen LogP contribution in [0.3, 0.4) is 0 Å². The van der Waals surface area contributed by atoms with E-state index in [4.69, 9.17) is 19.2 Å². The maximum atomic E-state index is 14.5. The Morgan fingerprint density at radius 3 is 2.79 bits per heavy atom. The summed E-state index contributed by atoms with van der Waals surface area (Å²) >= 11 is 0. The molecule has 0 saturated carbocycles. The predicted molar refractivity (Wildman–Crippen MR) is 122 cm³/mol. The molecule has 0 amide bonds. The Kier molecular flexibility index (Phi) is 5.86. The first kappa shape index (κ1) is 21.2. The minimum atomic E-state index is -0.622. The fraction of sp³-hybridized carbons (Fsp3) is 0.185. The van der Waals surface area contributed by atoms with E-state index < -0.39 is 18.1 Å². The molecule has 3 aromatic carbocycles. The van der Waals surface area contributed by atoms with Gasteiger partial charge in [0.1, 0.15) is 11.5 Å². The molecule has 0 bridgehead atoms. The van der Waals surface area contributed by atoms with Gasteiger partial charge in [-0.1, -0.05) is 36.4 Å². The van der Waals surface area contributed by atoms with Gasteiger partial charge in [-0.2, -0.15) is 0 Å². The molecule has 1 aromatic heterocycles. The first-order chi connectivity index (χ1) is 16.1. The number of benzene rings is 3. The van der Waals surface area contributed by atoms with Crippen molar-refractivity contribution in [3.8, 4) is 11.1 Å². The molecular formula is C27H22FNO4. The Hall–Kier alpha value is -3.61. The molecule has 1 aliphatic rings. The minimum Gasteiger partial charge on any atom is -0.462 e. The van der Waals surface area contributed by atoms with Crippen molar-refractivity contribution in [2.24, 2.45) is 0 Å². The van der Waals surface area contributed by atoms with Gasteiger partial charge in [0, 0.05) is 10.9 Å². The van der Waals surface area contributed by atoms with Gasteiger partial charge in [-0.15, -0.1) is 0 Å². The van der Waals surface area contributed by atoms with Gasteiger partial charge in [0.25, 0.3) is 0 Å². The molecule has 0 N–H and O–H groups in total. The van der Waals surface area contributed by atoms with Gasteiger partial charge < -0.3 is 14.2 Å². The van der Waals surface area contributed by atoms with Crippen molar-refractivity contribution in [2.75, 3.05) is 6.61 Å². The van der Waals surface area contributed by atoms with Crippen LogP contribution >= 0.6 is 0 Å². The standard InChI is InChI=1S/C27H22FNO4/c1-2-31-26(30)23-9-5-4-8-22(23)19-11-17(12-21(28)14-19)15-32-27-25-20(16-33-27)13-18-7-3-6-10-24(18)29-25/h3-14,27H,2,15-16H2,1H3. The van der Waals surface area contributed by atoms with Gasteiger partial charge in [0.15, 0.2) is 0 Å². The van der Waals surface area contributed by atoms with Crippen LogP contribution in [-0.4, -0.2) is 17.6 Å². The highest BCUT2D eigenvalue weighted by Gasteiger charge is 2.26. The van der Waals surface area contributed by atoms with Crippen molar-refractivity contribution in [3.63, 3.8) is 0 Å². The predicted octanol–water partition coefficient (Wildman–Crippen LogP) is 5.96. The summed E-state index contributed by atoms with van der Waals surface area (Å²) in [6.07, 6.45) is -0.622. The first-order valence-electron chi connectivity index (χ1n) is 10.8. The van der Waals surface area contributed by atoms with E-state index in [1.165, 1.54) is 12.1 Å². The summed E-state index contributed by atoms with van der Waals surface area (Å²) in [6.45, 7) is 2.56. The van der Waals surface area contributed by atoms with E-state index in [0.717, 1.165) is 22.2 Å². The maximum Gasteiger partial charge on any atom is 0.338 e. The number of rotatable bonds is 6. The molecular weight excluding hydrogens is 421 g/mol. The van der Waals surface area contributed by atoms with Crippen molar-refractivity contribution in [1.82, 2.24) is 4.98 Å². The average Bonchev–Trinajstić information content (AvgIpc) is 3.22. The Labute approximate surface area is 190 Å². The van der Waals surface area contributed by atoms with Crippen LogP contribution in [0.5, 0.6) is 0 Å². The summed E-state index contributed by atoms with van der Waals surface area (Å²) in [6, 6.07) is 21.6.